The van der Waals surface area contributed by atoms with Crippen molar-refractivity contribution in [3.05, 3.63) is 41.6 Å². The Morgan fingerprint density at radius 3 is 2.50 bits per heavy atom. The highest BCUT2D eigenvalue weighted by molar-refractivity contribution is 5.91. The van der Waals surface area contributed by atoms with Gasteiger partial charge in [0.25, 0.3) is 0 Å². The van der Waals surface area contributed by atoms with Gasteiger partial charge >= 0.3 is 5.97 Å². The second-order valence-electron chi connectivity index (χ2n) is 5.35. The van der Waals surface area contributed by atoms with Gasteiger partial charge in [0.15, 0.2) is 0 Å². The van der Waals surface area contributed by atoms with Gasteiger partial charge in [-0.05, 0) is 29.2 Å². The Balaban J connectivity index is 2.52. The summed E-state index contributed by atoms with van der Waals surface area (Å²) in [6.07, 6.45) is 0. The van der Waals surface area contributed by atoms with Crippen molar-refractivity contribution in [2.24, 2.45) is 0 Å². The summed E-state index contributed by atoms with van der Waals surface area (Å²) in [5.74, 6) is -0.406. The lowest BCUT2D eigenvalue weighted by molar-refractivity contribution is 0.0594. The van der Waals surface area contributed by atoms with Crippen molar-refractivity contribution >= 4 is 16.9 Å². The molecule has 0 radical (unpaired) electrons. The standard InChI is InChI=1S/C15H17NO2/c1-15(2,3)11-6-8-12-10(9-11)5-7-13(16-12)14(17)18-4/h5-9H,1-4H3. The van der Waals surface area contributed by atoms with Gasteiger partial charge in [0.1, 0.15) is 5.69 Å². The number of carbonyl (C=O) groups excluding carboxylic acids is 1. The fourth-order valence-electron chi connectivity index (χ4n) is 1.81. The topological polar surface area (TPSA) is 39.2 Å². The Bertz CT molecular complexity index is 597. The highest BCUT2D eigenvalue weighted by atomic mass is 16.5. The van der Waals surface area contributed by atoms with Crippen LogP contribution in [-0.2, 0) is 10.2 Å². The van der Waals surface area contributed by atoms with Gasteiger partial charge in [0.05, 0.1) is 12.6 Å². The summed E-state index contributed by atoms with van der Waals surface area (Å²) in [5, 5.41) is 1.04. The van der Waals surface area contributed by atoms with E-state index in [9.17, 15) is 4.79 Å². The molecule has 1 aromatic carbocycles. The van der Waals surface area contributed by atoms with Crippen LogP contribution < -0.4 is 0 Å². The normalized spacial score (nSPS) is 11.6. The van der Waals surface area contributed by atoms with Gasteiger partial charge in [0.2, 0.25) is 0 Å². The molecule has 0 spiro atoms. The van der Waals surface area contributed by atoms with Crippen LogP contribution in [0.2, 0.25) is 0 Å². The SMILES string of the molecule is COC(=O)c1ccc2cc(C(C)(C)C)ccc2n1. The maximum Gasteiger partial charge on any atom is 0.356 e. The first kappa shape index (κ1) is 12.6. The van der Waals surface area contributed by atoms with Crippen LogP contribution in [0.5, 0.6) is 0 Å². The maximum atomic E-state index is 11.4. The Hall–Kier alpha value is -1.90. The van der Waals surface area contributed by atoms with Crippen LogP contribution in [-0.4, -0.2) is 18.1 Å². The van der Waals surface area contributed by atoms with E-state index in [0.29, 0.717) is 5.69 Å². The predicted molar refractivity (Wildman–Crippen MR) is 71.8 cm³/mol. The van der Waals surface area contributed by atoms with Crippen molar-refractivity contribution in [2.75, 3.05) is 7.11 Å². The number of hydrogen-bond donors (Lipinski definition) is 0. The number of fused-ring (bicyclic) bond motifs is 1. The molecule has 0 N–H and O–H groups in total. The summed E-state index contributed by atoms with van der Waals surface area (Å²) in [6, 6.07) is 9.71. The molecule has 2 aromatic rings. The minimum atomic E-state index is -0.406. The van der Waals surface area contributed by atoms with E-state index in [4.69, 9.17) is 0 Å². The molecule has 3 heteroatoms. The van der Waals surface area contributed by atoms with E-state index in [0.717, 1.165) is 10.9 Å². The number of nitrogens with zero attached hydrogens (tertiary/aromatic N) is 1. The molecule has 0 aliphatic heterocycles. The maximum absolute atomic E-state index is 11.4. The minimum Gasteiger partial charge on any atom is -0.464 e. The molecule has 0 aliphatic carbocycles. The monoisotopic (exact) mass is 243 g/mol. The summed E-state index contributed by atoms with van der Waals surface area (Å²) in [5.41, 5.74) is 2.51. The lowest BCUT2D eigenvalue weighted by atomic mass is 9.86. The summed E-state index contributed by atoms with van der Waals surface area (Å²) < 4.78 is 4.66. The zero-order valence-electron chi connectivity index (χ0n) is 11.2. The van der Waals surface area contributed by atoms with E-state index in [1.165, 1.54) is 12.7 Å². The third kappa shape index (κ3) is 2.35. The molecular formula is C15H17NO2. The number of benzene rings is 1. The zero-order chi connectivity index (χ0) is 13.3. The van der Waals surface area contributed by atoms with Crippen LogP contribution in [0.1, 0.15) is 36.8 Å². The minimum absolute atomic E-state index is 0.106. The van der Waals surface area contributed by atoms with Crippen LogP contribution in [0.25, 0.3) is 10.9 Å². The van der Waals surface area contributed by atoms with Crippen molar-refractivity contribution in [1.82, 2.24) is 4.98 Å². The van der Waals surface area contributed by atoms with Crippen LogP contribution >= 0.6 is 0 Å². The lowest BCUT2D eigenvalue weighted by Crippen LogP contribution is -2.11. The number of ether oxygens (including phenoxy) is 1. The quantitative estimate of drug-likeness (QED) is 0.721. The van der Waals surface area contributed by atoms with Crippen LogP contribution in [0.3, 0.4) is 0 Å². The molecule has 0 aliphatic rings. The number of methoxy groups -OCH3 is 1. The first-order valence-electron chi connectivity index (χ1n) is 5.91. The van der Waals surface area contributed by atoms with Crippen molar-refractivity contribution in [1.29, 1.82) is 0 Å². The molecular weight excluding hydrogens is 226 g/mol. The summed E-state index contributed by atoms with van der Waals surface area (Å²) in [6.45, 7) is 6.51. The first-order chi connectivity index (χ1) is 8.41. The molecule has 18 heavy (non-hydrogen) atoms. The molecule has 0 saturated carbocycles. The molecule has 0 atom stereocenters. The van der Waals surface area contributed by atoms with E-state index in [-0.39, 0.29) is 5.41 Å². The molecule has 1 heterocycles. The molecule has 0 saturated heterocycles. The molecule has 0 bridgehead atoms. The van der Waals surface area contributed by atoms with Gasteiger partial charge in [-0.2, -0.15) is 0 Å². The van der Waals surface area contributed by atoms with Crippen LogP contribution in [0.4, 0.5) is 0 Å². The number of hydrogen-bond acceptors (Lipinski definition) is 3. The number of esters is 1. The van der Waals surface area contributed by atoms with Gasteiger partial charge in [-0.1, -0.05) is 32.9 Å². The molecule has 3 nitrogen and oxygen atoms in total. The lowest BCUT2D eigenvalue weighted by Gasteiger charge is -2.19. The second kappa shape index (κ2) is 4.41. The summed E-state index contributed by atoms with van der Waals surface area (Å²) >= 11 is 0. The predicted octanol–water partition coefficient (Wildman–Crippen LogP) is 3.32. The van der Waals surface area contributed by atoms with Crippen molar-refractivity contribution in [3.63, 3.8) is 0 Å². The number of rotatable bonds is 1. The molecule has 0 unspecified atom stereocenters. The average Bonchev–Trinajstić information content (AvgIpc) is 2.35. The van der Waals surface area contributed by atoms with E-state index in [1.807, 2.05) is 12.1 Å². The van der Waals surface area contributed by atoms with E-state index >= 15 is 0 Å². The van der Waals surface area contributed by atoms with E-state index < -0.39 is 5.97 Å². The summed E-state index contributed by atoms with van der Waals surface area (Å²) in [7, 11) is 1.36. The smallest absolute Gasteiger partial charge is 0.356 e. The average molecular weight is 243 g/mol. The number of aromatic nitrogens is 1. The van der Waals surface area contributed by atoms with Crippen LogP contribution in [0.15, 0.2) is 30.3 Å². The first-order valence-corrected chi connectivity index (χ1v) is 5.91. The van der Waals surface area contributed by atoms with Gasteiger partial charge < -0.3 is 4.74 Å². The molecule has 0 amide bonds. The summed E-state index contributed by atoms with van der Waals surface area (Å²) in [4.78, 5) is 15.7. The van der Waals surface area contributed by atoms with Crippen LogP contribution in [0, 0.1) is 0 Å². The van der Waals surface area contributed by atoms with Gasteiger partial charge in [-0.3, -0.25) is 0 Å². The van der Waals surface area contributed by atoms with Gasteiger partial charge in [-0.15, -0.1) is 0 Å². The third-order valence-corrected chi connectivity index (χ3v) is 2.95. The highest BCUT2D eigenvalue weighted by Crippen LogP contribution is 2.25. The molecule has 94 valence electrons. The Morgan fingerprint density at radius 2 is 1.89 bits per heavy atom. The molecule has 2 rings (SSSR count). The van der Waals surface area contributed by atoms with E-state index in [2.05, 4.69) is 42.6 Å². The second-order valence-corrected chi connectivity index (χ2v) is 5.35. The Morgan fingerprint density at radius 1 is 1.17 bits per heavy atom. The van der Waals surface area contributed by atoms with Crippen molar-refractivity contribution in [2.45, 2.75) is 26.2 Å². The Kier molecular flexibility index (Phi) is 3.07. The highest BCUT2D eigenvalue weighted by Gasteiger charge is 2.14. The fourth-order valence-corrected chi connectivity index (χ4v) is 1.81. The third-order valence-electron chi connectivity index (χ3n) is 2.95. The largest absolute Gasteiger partial charge is 0.464 e. The van der Waals surface area contributed by atoms with Gasteiger partial charge in [-0.25, -0.2) is 9.78 Å². The van der Waals surface area contributed by atoms with Crippen molar-refractivity contribution < 1.29 is 9.53 Å². The molecule has 1 aromatic heterocycles. The van der Waals surface area contributed by atoms with Gasteiger partial charge in [0, 0.05) is 5.39 Å². The fraction of sp³-hybridized carbons (Fsp3) is 0.333. The zero-order valence-corrected chi connectivity index (χ0v) is 11.2. The van der Waals surface area contributed by atoms with Crippen molar-refractivity contribution in [3.8, 4) is 0 Å². The molecule has 0 fully saturated rings. The number of carbonyl (C=O) groups is 1. The Labute approximate surface area is 107 Å². The number of pyridine rings is 1. The van der Waals surface area contributed by atoms with E-state index in [1.54, 1.807) is 6.07 Å².